The van der Waals surface area contributed by atoms with Crippen molar-refractivity contribution in [1.29, 1.82) is 0 Å². The Morgan fingerprint density at radius 3 is 2.73 bits per heavy atom. The minimum Gasteiger partial charge on any atom is -0.462 e. The highest BCUT2D eigenvalue weighted by Crippen LogP contribution is 2.00. The molecule has 0 saturated heterocycles. The monoisotopic (exact) mass is 156 g/mol. The molecule has 64 valence electrons. The van der Waals surface area contributed by atoms with E-state index >= 15 is 0 Å². The summed E-state index contributed by atoms with van der Waals surface area (Å²) in [4.78, 5) is 10.8. The molecule has 2 heteroatoms. The predicted molar refractivity (Wildman–Crippen MR) is 45.2 cm³/mol. The highest BCUT2D eigenvalue weighted by molar-refractivity contribution is 5.81. The van der Waals surface area contributed by atoms with Crippen LogP contribution < -0.4 is 0 Å². The van der Waals surface area contributed by atoms with Crippen molar-refractivity contribution in [3.63, 3.8) is 0 Å². The zero-order valence-corrected chi connectivity index (χ0v) is 7.46. The van der Waals surface area contributed by atoms with E-state index in [1.165, 1.54) is 6.08 Å². The van der Waals surface area contributed by atoms with Gasteiger partial charge in [-0.1, -0.05) is 26.3 Å². The van der Waals surface area contributed by atoms with Crippen molar-refractivity contribution >= 4 is 5.97 Å². The molecular weight excluding hydrogens is 140 g/mol. The number of carbonyl (C=O) groups is 1. The first kappa shape index (κ1) is 10.2. The van der Waals surface area contributed by atoms with Crippen LogP contribution in [0.2, 0.25) is 0 Å². The second-order valence-electron chi connectivity index (χ2n) is 2.64. The molecule has 0 amide bonds. The van der Waals surface area contributed by atoms with Gasteiger partial charge in [-0.05, 0) is 12.8 Å². The van der Waals surface area contributed by atoms with E-state index in [9.17, 15) is 4.79 Å². The van der Waals surface area contributed by atoms with Gasteiger partial charge in [0.25, 0.3) is 0 Å². The molecule has 0 aromatic heterocycles. The van der Waals surface area contributed by atoms with Crippen molar-refractivity contribution in [2.45, 2.75) is 27.2 Å². The molecule has 0 spiro atoms. The van der Waals surface area contributed by atoms with Crippen LogP contribution in [-0.4, -0.2) is 12.6 Å². The van der Waals surface area contributed by atoms with Gasteiger partial charge in [0, 0.05) is 6.08 Å². The molecule has 0 bridgehead atoms. The standard InChI is InChI=1S/C9H16O2/c1-4-6-9(10)11-7-8(3)5-2/h4,6,8H,5,7H2,1-3H3/b6-4+/t8-/m1/s1. The molecule has 0 aromatic carbocycles. The Hall–Kier alpha value is -0.790. The fourth-order valence-electron chi connectivity index (χ4n) is 0.526. The molecule has 0 radical (unpaired) electrons. The molecule has 0 aliphatic rings. The SMILES string of the molecule is C/C=C/C(=O)OC[C@H](C)CC. The Bertz CT molecular complexity index is 138. The average Bonchev–Trinajstić information content (AvgIpc) is 2.01. The summed E-state index contributed by atoms with van der Waals surface area (Å²) < 4.78 is 4.91. The number of rotatable bonds is 4. The largest absolute Gasteiger partial charge is 0.462 e. The number of esters is 1. The molecule has 0 saturated carbocycles. The first-order chi connectivity index (χ1) is 5.20. The molecule has 2 nitrogen and oxygen atoms in total. The summed E-state index contributed by atoms with van der Waals surface area (Å²) in [6.07, 6.45) is 4.16. The quantitative estimate of drug-likeness (QED) is 0.460. The Labute approximate surface area is 68.2 Å². The van der Waals surface area contributed by atoms with Crippen molar-refractivity contribution in [2.24, 2.45) is 5.92 Å². The lowest BCUT2D eigenvalue weighted by molar-refractivity contribution is -0.138. The van der Waals surface area contributed by atoms with Crippen LogP contribution >= 0.6 is 0 Å². The Morgan fingerprint density at radius 1 is 1.64 bits per heavy atom. The highest BCUT2D eigenvalue weighted by Gasteiger charge is 2.01. The summed E-state index contributed by atoms with van der Waals surface area (Å²) in [5.74, 6) is 0.219. The van der Waals surface area contributed by atoms with Crippen LogP contribution in [0.4, 0.5) is 0 Å². The number of carbonyl (C=O) groups excluding carboxylic acids is 1. The summed E-state index contributed by atoms with van der Waals surface area (Å²) in [7, 11) is 0. The van der Waals surface area contributed by atoms with Gasteiger partial charge in [-0.25, -0.2) is 4.79 Å². The molecule has 0 fully saturated rings. The Balaban J connectivity index is 3.45. The lowest BCUT2D eigenvalue weighted by Gasteiger charge is -2.06. The van der Waals surface area contributed by atoms with Crippen LogP contribution in [0, 0.1) is 5.92 Å². The Morgan fingerprint density at radius 2 is 2.27 bits per heavy atom. The molecular formula is C9H16O2. The molecule has 0 heterocycles. The van der Waals surface area contributed by atoms with Gasteiger partial charge < -0.3 is 4.74 Å². The van der Waals surface area contributed by atoms with Crippen molar-refractivity contribution in [1.82, 2.24) is 0 Å². The molecule has 0 N–H and O–H groups in total. The van der Waals surface area contributed by atoms with Crippen LogP contribution in [0.25, 0.3) is 0 Å². The smallest absolute Gasteiger partial charge is 0.330 e. The molecule has 0 aliphatic carbocycles. The fraction of sp³-hybridized carbons (Fsp3) is 0.667. The van der Waals surface area contributed by atoms with Gasteiger partial charge in [-0.3, -0.25) is 0 Å². The van der Waals surface area contributed by atoms with E-state index < -0.39 is 0 Å². The third-order valence-corrected chi connectivity index (χ3v) is 1.51. The maximum absolute atomic E-state index is 10.8. The normalized spacial score (nSPS) is 13.4. The second kappa shape index (κ2) is 5.96. The maximum Gasteiger partial charge on any atom is 0.330 e. The summed E-state index contributed by atoms with van der Waals surface area (Å²) in [5, 5.41) is 0. The maximum atomic E-state index is 10.8. The van der Waals surface area contributed by atoms with Gasteiger partial charge in [-0.2, -0.15) is 0 Å². The topological polar surface area (TPSA) is 26.3 Å². The van der Waals surface area contributed by atoms with Crippen molar-refractivity contribution in [2.75, 3.05) is 6.61 Å². The zero-order chi connectivity index (χ0) is 8.69. The molecule has 0 aliphatic heterocycles. The van der Waals surface area contributed by atoms with Gasteiger partial charge in [0.1, 0.15) is 0 Å². The first-order valence-electron chi connectivity index (χ1n) is 4.00. The first-order valence-corrected chi connectivity index (χ1v) is 4.00. The lowest BCUT2D eigenvalue weighted by atomic mass is 10.1. The van der Waals surface area contributed by atoms with Crippen molar-refractivity contribution < 1.29 is 9.53 Å². The summed E-state index contributed by atoms with van der Waals surface area (Å²) in [6.45, 7) is 6.46. The van der Waals surface area contributed by atoms with Crippen LogP contribution in [0.5, 0.6) is 0 Å². The number of allylic oxidation sites excluding steroid dienone is 1. The lowest BCUT2D eigenvalue weighted by Crippen LogP contribution is -2.08. The Kier molecular flexibility index (Phi) is 5.53. The average molecular weight is 156 g/mol. The van der Waals surface area contributed by atoms with E-state index in [2.05, 4.69) is 13.8 Å². The summed E-state index contributed by atoms with van der Waals surface area (Å²) in [5.41, 5.74) is 0. The predicted octanol–water partition coefficient (Wildman–Crippen LogP) is 2.15. The third kappa shape index (κ3) is 5.64. The van der Waals surface area contributed by atoms with Crippen LogP contribution in [0.3, 0.4) is 0 Å². The summed E-state index contributed by atoms with van der Waals surface area (Å²) in [6, 6.07) is 0. The minimum absolute atomic E-state index is 0.243. The van der Waals surface area contributed by atoms with E-state index in [1.807, 2.05) is 0 Å². The van der Waals surface area contributed by atoms with E-state index in [0.29, 0.717) is 12.5 Å². The van der Waals surface area contributed by atoms with E-state index in [4.69, 9.17) is 4.74 Å². The molecule has 11 heavy (non-hydrogen) atoms. The third-order valence-electron chi connectivity index (χ3n) is 1.51. The molecule has 1 atom stereocenters. The fourth-order valence-corrected chi connectivity index (χ4v) is 0.526. The molecule has 0 aromatic rings. The minimum atomic E-state index is -0.243. The summed E-state index contributed by atoms with van der Waals surface area (Å²) >= 11 is 0. The van der Waals surface area contributed by atoms with E-state index in [1.54, 1.807) is 13.0 Å². The molecule has 0 rings (SSSR count). The van der Waals surface area contributed by atoms with Crippen LogP contribution in [0.15, 0.2) is 12.2 Å². The molecule has 0 unspecified atom stereocenters. The van der Waals surface area contributed by atoms with E-state index in [-0.39, 0.29) is 5.97 Å². The zero-order valence-electron chi connectivity index (χ0n) is 7.46. The second-order valence-corrected chi connectivity index (χ2v) is 2.64. The van der Waals surface area contributed by atoms with Crippen molar-refractivity contribution in [3.05, 3.63) is 12.2 Å². The van der Waals surface area contributed by atoms with Gasteiger partial charge in [-0.15, -0.1) is 0 Å². The van der Waals surface area contributed by atoms with Gasteiger partial charge in [0.15, 0.2) is 0 Å². The van der Waals surface area contributed by atoms with Gasteiger partial charge in [0.05, 0.1) is 6.61 Å². The van der Waals surface area contributed by atoms with Gasteiger partial charge in [0.2, 0.25) is 0 Å². The highest BCUT2D eigenvalue weighted by atomic mass is 16.5. The number of hydrogen-bond donors (Lipinski definition) is 0. The van der Waals surface area contributed by atoms with Crippen LogP contribution in [0.1, 0.15) is 27.2 Å². The van der Waals surface area contributed by atoms with Crippen LogP contribution in [-0.2, 0) is 9.53 Å². The number of ether oxygens (including phenoxy) is 1. The van der Waals surface area contributed by atoms with Gasteiger partial charge >= 0.3 is 5.97 Å². The number of hydrogen-bond acceptors (Lipinski definition) is 2. The van der Waals surface area contributed by atoms with Crippen molar-refractivity contribution in [3.8, 4) is 0 Å². The van der Waals surface area contributed by atoms with E-state index in [0.717, 1.165) is 6.42 Å².